The standard InChI is InChI=1S/C10H20N4O2/c1-9(2,3)13(7-15)11-12-14(8-16)10(4,5)6/h7-8H,1-6H3. The van der Waals surface area contributed by atoms with E-state index < -0.39 is 11.1 Å². The summed E-state index contributed by atoms with van der Waals surface area (Å²) in [5, 5.41) is 9.80. The fourth-order valence-electron chi connectivity index (χ4n) is 0.713. The van der Waals surface area contributed by atoms with E-state index in [-0.39, 0.29) is 0 Å². The summed E-state index contributed by atoms with van der Waals surface area (Å²) in [4.78, 5) is 21.5. The molecule has 0 aliphatic rings. The van der Waals surface area contributed by atoms with Crippen LogP contribution >= 0.6 is 0 Å². The van der Waals surface area contributed by atoms with Crippen molar-refractivity contribution < 1.29 is 9.59 Å². The normalized spacial score (nSPS) is 12.6. The van der Waals surface area contributed by atoms with Gasteiger partial charge in [0, 0.05) is 0 Å². The Balaban J connectivity index is 4.80. The Morgan fingerprint density at radius 1 is 0.750 bits per heavy atom. The molecule has 0 unspecified atom stereocenters. The van der Waals surface area contributed by atoms with E-state index in [0.717, 1.165) is 10.0 Å². The fourth-order valence-corrected chi connectivity index (χ4v) is 0.713. The first-order chi connectivity index (χ1) is 7.12. The first kappa shape index (κ1) is 14.5. The van der Waals surface area contributed by atoms with Crippen molar-refractivity contribution in [3.05, 3.63) is 0 Å². The fraction of sp³-hybridized carbons (Fsp3) is 0.800. The summed E-state index contributed by atoms with van der Waals surface area (Å²) in [5.74, 6) is 0. The van der Waals surface area contributed by atoms with Crippen molar-refractivity contribution in [3.63, 3.8) is 0 Å². The zero-order chi connectivity index (χ0) is 13.0. The minimum absolute atomic E-state index is 0.461. The Morgan fingerprint density at radius 2 is 1.00 bits per heavy atom. The highest BCUT2D eigenvalue weighted by Gasteiger charge is 2.22. The average molecular weight is 228 g/mol. The first-order valence-electron chi connectivity index (χ1n) is 5.04. The van der Waals surface area contributed by atoms with E-state index in [0.29, 0.717) is 12.8 Å². The Morgan fingerprint density at radius 3 is 1.12 bits per heavy atom. The molecule has 92 valence electrons. The molecule has 0 fully saturated rings. The van der Waals surface area contributed by atoms with Gasteiger partial charge < -0.3 is 0 Å². The van der Waals surface area contributed by atoms with Crippen molar-refractivity contribution in [1.29, 1.82) is 0 Å². The maximum Gasteiger partial charge on any atom is 0.231 e. The molecule has 0 saturated heterocycles. The molecular weight excluding hydrogens is 208 g/mol. The van der Waals surface area contributed by atoms with E-state index in [2.05, 4.69) is 10.4 Å². The predicted molar refractivity (Wildman–Crippen MR) is 60.2 cm³/mol. The SMILES string of the molecule is CC(C)(C)N(C=O)N=NN(C=O)C(C)(C)C. The lowest BCUT2D eigenvalue weighted by Gasteiger charge is -2.29. The molecular formula is C10H20N4O2. The third-order valence-electron chi connectivity index (χ3n) is 1.81. The van der Waals surface area contributed by atoms with Gasteiger partial charge in [-0.15, -0.1) is 0 Å². The Kier molecular flexibility index (Phi) is 4.59. The topological polar surface area (TPSA) is 65.3 Å². The maximum atomic E-state index is 10.8. The predicted octanol–water partition coefficient (Wildman–Crippen LogP) is 1.78. The third kappa shape index (κ3) is 4.37. The van der Waals surface area contributed by atoms with Crippen LogP contribution in [0, 0.1) is 0 Å². The monoisotopic (exact) mass is 228 g/mol. The minimum atomic E-state index is -0.461. The van der Waals surface area contributed by atoms with Gasteiger partial charge in [0.1, 0.15) is 0 Å². The van der Waals surface area contributed by atoms with Crippen LogP contribution in [0.25, 0.3) is 0 Å². The summed E-state index contributed by atoms with van der Waals surface area (Å²) >= 11 is 0. The second-order valence-corrected chi connectivity index (χ2v) is 5.42. The molecule has 0 aromatic rings. The van der Waals surface area contributed by atoms with Crippen LogP contribution in [-0.2, 0) is 9.59 Å². The van der Waals surface area contributed by atoms with Gasteiger partial charge in [-0.2, -0.15) is 0 Å². The summed E-state index contributed by atoms with van der Waals surface area (Å²) in [6.45, 7) is 10.9. The van der Waals surface area contributed by atoms with Crippen LogP contribution in [0.3, 0.4) is 0 Å². The van der Waals surface area contributed by atoms with Crippen molar-refractivity contribution in [2.24, 2.45) is 10.4 Å². The van der Waals surface area contributed by atoms with Crippen LogP contribution < -0.4 is 0 Å². The number of carbonyl (C=O) groups is 2. The molecule has 0 bridgehead atoms. The van der Waals surface area contributed by atoms with Gasteiger partial charge in [0.2, 0.25) is 12.8 Å². The largest absolute Gasteiger partial charge is 0.277 e. The highest BCUT2D eigenvalue weighted by Crippen LogP contribution is 2.15. The van der Waals surface area contributed by atoms with Gasteiger partial charge in [-0.25, -0.2) is 10.0 Å². The second kappa shape index (κ2) is 5.05. The molecule has 0 atom stereocenters. The second-order valence-electron chi connectivity index (χ2n) is 5.42. The Hall–Kier alpha value is -1.46. The summed E-state index contributed by atoms with van der Waals surface area (Å²) in [6.07, 6.45) is 1.16. The number of amides is 2. The molecule has 6 heteroatoms. The Bertz CT molecular complexity index is 248. The van der Waals surface area contributed by atoms with Crippen LogP contribution in [0.4, 0.5) is 0 Å². The number of carbonyl (C=O) groups excluding carboxylic acids is 2. The van der Waals surface area contributed by atoms with Gasteiger partial charge in [0.15, 0.2) is 0 Å². The van der Waals surface area contributed by atoms with Gasteiger partial charge in [0.05, 0.1) is 11.1 Å². The van der Waals surface area contributed by atoms with Gasteiger partial charge in [-0.3, -0.25) is 9.59 Å². The van der Waals surface area contributed by atoms with Crippen LogP contribution in [0.1, 0.15) is 41.5 Å². The molecule has 0 aliphatic carbocycles. The first-order valence-corrected chi connectivity index (χ1v) is 5.04. The summed E-state index contributed by atoms with van der Waals surface area (Å²) in [5.41, 5.74) is -0.921. The molecule has 0 heterocycles. The highest BCUT2D eigenvalue weighted by atomic mass is 16.2. The lowest BCUT2D eigenvalue weighted by molar-refractivity contribution is -0.127. The molecule has 6 nitrogen and oxygen atoms in total. The zero-order valence-electron chi connectivity index (χ0n) is 10.8. The van der Waals surface area contributed by atoms with Gasteiger partial charge >= 0.3 is 0 Å². The average Bonchev–Trinajstić information content (AvgIpc) is 2.08. The summed E-state index contributed by atoms with van der Waals surface area (Å²) in [7, 11) is 0. The van der Waals surface area contributed by atoms with E-state index in [4.69, 9.17) is 0 Å². The lowest BCUT2D eigenvalue weighted by atomic mass is 10.1. The molecule has 2 amide bonds. The van der Waals surface area contributed by atoms with Crippen LogP contribution in [-0.4, -0.2) is 33.9 Å². The zero-order valence-corrected chi connectivity index (χ0v) is 10.8. The van der Waals surface area contributed by atoms with Crippen molar-refractivity contribution in [2.75, 3.05) is 0 Å². The van der Waals surface area contributed by atoms with Gasteiger partial charge in [-0.05, 0) is 52.0 Å². The number of nitrogens with zero attached hydrogens (tertiary/aromatic N) is 4. The van der Waals surface area contributed by atoms with Crippen LogP contribution in [0.15, 0.2) is 10.4 Å². The molecule has 0 rings (SSSR count). The number of rotatable bonds is 4. The molecule has 0 N–H and O–H groups in total. The van der Waals surface area contributed by atoms with E-state index >= 15 is 0 Å². The van der Waals surface area contributed by atoms with Crippen molar-refractivity contribution in [2.45, 2.75) is 52.6 Å². The molecule has 0 aliphatic heterocycles. The van der Waals surface area contributed by atoms with E-state index in [1.165, 1.54) is 0 Å². The van der Waals surface area contributed by atoms with Gasteiger partial charge in [-0.1, -0.05) is 0 Å². The highest BCUT2D eigenvalue weighted by molar-refractivity contribution is 5.48. The quantitative estimate of drug-likeness (QED) is 0.418. The third-order valence-corrected chi connectivity index (χ3v) is 1.81. The van der Waals surface area contributed by atoms with Crippen molar-refractivity contribution in [1.82, 2.24) is 10.0 Å². The summed E-state index contributed by atoms with van der Waals surface area (Å²) < 4.78 is 0. The van der Waals surface area contributed by atoms with E-state index in [1.54, 1.807) is 0 Å². The minimum Gasteiger partial charge on any atom is -0.277 e. The van der Waals surface area contributed by atoms with Crippen LogP contribution in [0.5, 0.6) is 0 Å². The smallest absolute Gasteiger partial charge is 0.231 e. The van der Waals surface area contributed by atoms with Crippen molar-refractivity contribution >= 4 is 12.8 Å². The molecule has 0 aromatic carbocycles. The number of hydrogen-bond acceptors (Lipinski definition) is 4. The van der Waals surface area contributed by atoms with E-state index in [1.807, 2.05) is 41.5 Å². The number of hydrogen-bond donors (Lipinski definition) is 0. The maximum absolute atomic E-state index is 10.8. The van der Waals surface area contributed by atoms with Crippen LogP contribution in [0.2, 0.25) is 0 Å². The Labute approximate surface area is 96.3 Å². The lowest BCUT2D eigenvalue weighted by Crippen LogP contribution is -2.39. The van der Waals surface area contributed by atoms with Gasteiger partial charge in [0.25, 0.3) is 0 Å². The molecule has 16 heavy (non-hydrogen) atoms. The molecule has 0 radical (unpaired) electrons. The molecule has 0 saturated carbocycles. The molecule has 0 spiro atoms. The van der Waals surface area contributed by atoms with Crippen molar-refractivity contribution in [3.8, 4) is 0 Å². The molecule has 0 aromatic heterocycles. The summed E-state index contributed by atoms with van der Waals surface area (Å²) in [6, 6.07) is 0. The van der Waals surface area contributed by atoms with E-state index in [9.17, 15) is 9.59 Å².